The lowest BCUT2D eigenvalue weighted by molar-refractivity contribution is -0.265. The number of allylic oxidation sites excluding steroid dienone is 4. The van der Waals surface area contributed by atoms with Crippen molar-refractivity contribution in [1.82, 2.24) is 4.90 Å². The predicted octanol–water partition coefficient (Wildman–Crippen LogP) is 6.02. The van der Waals surface area contributed by atoms with Crippen LogP contribution in [0, 0.1) is 80.8 Å². The zero-order valence-corrected chi connectivity index (χ0v) is 49.6. The Morgan fingerprint density at radius 3 is 2.07 bits per heavy atom. The normalized spacial score (nSPS) is 39.8. The molecule has 2 saturated heterocycles. The lowest BCUT2D eigenvalue weighted by atomic mass is 9.48. The SMILES string of the molecule is CCOC(=O)C1(C#N)C2C=CC(C(C)CC(C)C(=O)C(OC)C(O)/C(C)=C\C(C)C(=O)CC(C(C)CC3CCC(O)C(OC)C3)OC(=O)C3CCCCN3C(=O)C(=O)C3(O)OC(CCC3C)CC(OC)/C(C)=C/2)C1(C#N)C(=O)OCC. The van der Waals surface area contributed by atoms with Gasteiger partial charge >= 0.3 is 17.9 Å². The molecule has 0 spiro atoms. The summed E-state index contributed by atoms with van der Waals surface area (Å²) in [6.07, 6.45) is 2.68. The van der Waals surface area contributed by atoms with E-state index in [4.69, 9.17) is 33.2 Å². The topological polar surface area (TPSA) is 296 Å². The summed E-state index contributed by atoms with van der Waals surface area (Å²) in [5.41, 5.74) is -4.55. The molecule has 81 heavy (non-hydrogen) atoms. The van der Waals surface area contributed by atoms with Gasteiger partial charge in [-0.2, -0.15) is 10.5 Å². The minimum absolute atomic E-state index is 0.0163. The Hall–Kier alpha value is -5.19. The molecule has 0 radical (unpaired) electrons. The molecule has 19 atom stereocenters. The molecule has 0 aromatic heterocycles. The number of ether oxygens (including phenoxy) is 7. The first-order chi connectivity index (χ1) is 38.3. The standard InChI is InChI=1S/C61H89N3O17/c1-13-78-57(72)59(32-62)42-20-22-44(60(59,33-63)58(73)79-14-2)34(3)25-38(7)51(67)53(77-12)52(68)39(8)26-35(4)47(66)31-49(36(5)27-41-19-23-46(65)50(29-41)76-11)80-56(71)45-17-15-16-24-64(45)55(70)54(69)61(74)40(9)18-21-43(81-61)30-48(75-10)37(6)28-42/h20,22,26,28,34-36,38,40-46,48-50,52-53,65,68,74H,13-19,21,23-25,27,29-31H2,1-12H3/b37-28+,39-26-. The highest BCUT2D eigenvalue weighted by atomic mass is 16.6. The number of nitrogens with zero attached hydrogens (tertiary/aromatic N) is 3. The van der Waals surface area contributed by atoms with E-state index in [2.05, 4.69) is 12.1 Å². The smallest absolute Gasteiger partial charge is 0.329 e. The summed E-state index contributed by atoms with van der Waals surface area (Å²) in [5, 5.41) is 57.5. The average Bonchev–Trinajstić information content (AvgIpc) is 3.34. The van der Waals surface area contributed by atoms with E-state index < -0.39 is 142 Å². The number of rotatable bonds is 10. The maximum Gasteiger partial charge on any atom is 0.329 e. The lowest BCUT2D eigenvalue weighted by Crippen LogP contribution is -2.61. The van der Waals surface area contributed by atoms with Crippen molar-refractivity contribution in [3.8, 4) is 12.1 Å². The molecular formula is C61H89N3O17. The molecule has 4 heterocycles. The number of Topliss-reactive ketones (excluding diaryl/α,β-unsaturated/α-hetero) is 3. The van der Waals surface area contributed by atoms with E-state index in [9.17, 15) is 59.4 Å². The van der Waals surface area contributed by atoms with Crippen LogP contribution in [-0.2, 0) is 66.7 Å². The van der Waals surface area contributed by atoms with E-state index in [-0.39, 0.29) is 69.1 Å². The molecule has 20 heteroatoms. The van der Waals surface area contributed by atoms with Crippen molar-refractivity contribution in [2.24, 2.45) is 58.2 Å². The Balaban J connectivity index is 1.65. The van der Waals surface area contributed by atoms with Crippen molar-refractivity contribution in [2.75, 3.05) is 41.1 Å². The first-order valence-corrected chi connectivity index (χ1v) is 29.0. The Morgan fingerprint density at radius 1 is 0.815 bits per heavy atom. The number of aliphatic hydroxyl groups excluding tert-OH is 2. The molecule has 4 aliphatic heterocycles. The van der Waals surface area contributed by atoms with Gasteiger partial charge in [-0.25, -0.2) is 4.79 Å². The Labute approximate surface area is 477 Å². The highest BCUT2D eigenvalue weighted by Gasteiger charge is 2.72. The molecule has 1 saturated carbocycles. The van der Waals surface area contributed by atoms with Gasteiger partial charge in [0.05, 0.1) is 49.8 Å². The first kappa shape index (κ1) is 66.6. The summed E-state index contributed by atoms with van der Waals surface area (Å²) in [4.78, 5) is 103. The molecule has 0 aromatic carbocycles. The van der Waals surface area contributed by atoms with E-state index >= 15 is 0 Å². The minimum atomic E-state index is -2.65. The molecule has 19 unspecified atom stereocenters. The van der Waals surface area contributed by atoms with Gasteiger partial charge in [-0.05, 0) is 121 Å². The third-order valence-electron chi connectivity index (χ3n) is 18.2. The fraction of sp³-hybridized carbons (Fsp3) is 0.754. The predicted molar refractivity (Wildman–Crippen MR) is 292 cm³/mol. The minimum Gasteiger partial charge on any atom is -0.465 e. The summed E-state index contributed by atoms with van der Waals surface area (Å²) in [7, 11) is 4.19. The van der Waals surface area contributed by atoms with Gasteiger partial charge in [0.2, 0.25) is 5.79 Å². The number of piperidine rings is 1. The van der Waals surface area contributed by atoms with Crippen LogP contribution in [0.3, 0.4) is 0 Å². The second-order valence-corrected chi connectivity index (χ2v) is 23.5. The number of methoxy groups -OCH3 is 3. The van der Waals surface area contributed by atoms with Crippen molar-refractivity contribution in [3.05, 3.63) is 35.5 Å². The number of esters is 3. The van der Waals surface area contributed by atoms with Crippen LogP contribution >= 0.6 is 0 Å². The molecule has 6 aliphatic rings. The molecule has 0 aromatic rings. The molecule has 2 aliphatic carbocycles. The number of aliphatic hydroxyl groups is 3. The maximum absolute atomic E-state index is 14.7. The quantitative estimate of drug-likeness (QED) is 0.0975. The zero-order valence-electron chi connectivity index (χ0n) is 49.6. The third-order valence-corrected chi connectivity index (χ3v) is 18.2. The van der Waals surface area contributed by atoms with Crippen molar-refractivity contribution in [1.29, 1.82) is 10.5 Å². The average molecular weight is 1140 g/mol. The second kappa shape index (κ2) is 28.9. The van der Waals surface area contributed by atoms with E-state index in [1.54, 1.807) is 53.7 Å². The second-order valence-electron chi connectivity index (χ2n) is 23.5. The summed E-state index contributed by atoms with van der Waals surface area (Å²) in [5.74, 6) is -15.6. The van der Waals surface area contributed by atoms with Gasteiger partial charge in [-0.15, -0.1) is 0 Å². The van der Waals surface area contributed by atoms with Gasteiger partial charge in [0.15, 0.2) is 16.6 Å². The van der Waals surface area contributed by atoms with E-state index in [0.717, 1.165) is 4.90 Å². The maximum atomic E-state index is 14.7. The van der Waals surface area contributed by atoms with Crippen molar-refractivity contribution < 1.29 is 82.0 Å². The van der Waals surface area contributed by atoms with E-state index in [1.807, 2.05) is 6.92 Å². The Morgan fingerprint density at radius 2 is 1.47 bits per heavy atom. The van der Waals surface area contributed by atoms with Gasteiger partial charge in [0.1, 0.15) is 30.1 Å². The van der Waals surface area contributed by atoms with Crippen LogP contribution in [0.5, 0.6) is 0 Å². The monoisotopic (exact) mass is 1140 g/mol. The van der Waals surface area contributed by atoms with Crippen LogP contribution in [-0.4, -0.2) is 157 Å². The molecule has 450 valence electrons. The van der Waals surface area contributed by atoms with Crippen LogP contribution in [0.1, 0.15) is 139 Å². The van der Waals surface area contributed by atoms with E-state index in [0.29, 0.717) is 50.5 Å². The number of carbonyl (C=O) groups excluding carboxylic acids is 7. The van der Waals surface area contributed by atoms with Crippen LogP contribution in [0.2, 0.25) is 0 Å². The summed E-state index contributed by atoms with van der Waals surface area (Å²) >= 11 is 0. The van der Waals surface area contributed by atoms with Crippen LogP contribution < -0.4 is 0 Å². The van der Waals surface area contributed by atoms with Crippen LogP contribution in [0.25, 0.3) is 0 Å². The number of fused-ring (bicyclic) bond motifs is 16. The van der Waals surface area contributed by atoms with Gasteiger partial charge in [-0.3, -0.25) is 28.8 Å². The molecule has 1 amide bonds. The van der Waals surface area contributed by atoms with Crippen molar-refractivity contribution >= 4 is 41.2 Å². The van der Waals surface area contributed by atoms with Crippen LogP contribution in [0.15, 0.2) is 35.5 Å². The molecular weight excluding hydrogens is 1050 g/mol. The molecule has 4 bridgehead atoms. The molecule has 20 nitrogen and oxygen atoms in total. The number of ketones is 3. The number of hydrogen-bond acceptors (Lipinski definition) is 19. The zero-order chi connectivity index (χ0) is 60.3. The summed E-state index contributed by atoms with van der Waals surface area (Å²) in [6.45, 7) is 14.1. The number of hydrogen-bond donors (Lipinski definition) is 3. The number of nitriles is 2. The fourth-order valence-corrected chi connectivity index (χ4v) is 13.3. The highest BCUT2D eigenvalue weighted by Crippen LogP contribution is 2.58. The lowest BCUT2D eigenvalue weighted by Gasteiger charge is -2.49. The summed E-state index contributed by atoms with van der Waals surface area (Å²) in [6, 6.07) is 2.90. The molecule has 3 N–H and O–H groups in total. The Bertz CT molecular complexity index is 2460. The summed E-state index contributed by atoms with van der Waals surface area (Å²) < 4.78 is 40.9. The Kier molecular flexibility index (Phi) is 23.7. The highest BCUT2D eigenvalue weighted by molar-refractivity contribution is 6.39. The number of amides is 1. The van der Waals surface area contributed by atoms with Gasteiger partial charge < -0.3 is 53.4 Å². The van der Waals surface area contributed by atoms with Crippen molar-refractivity contribution in [2.45, 2.75) is 194 Å². The van der Waals surface area contributed by atoms with Crippen LogP contribution in [0.4, 0.5) is 0 Å². The third kappa shape index (κ3) is 13.9. The fourth-order valence-electron chi connectivity index (χ4n) is 13.3. The van der Waals surface area contributed by atoms with Gasteiger partial charge in [0.25, 0.3) is 11.7 Å². The first-order valence-electron chi connectivity index (χ1n) is 29.0. The van der Waals surface area contributed by atoms with Gasteiger partial charge in [0, 0.05) is 70.3 Å². The molecule has 3 fully saturated rings. The molecule has 6 rings (SSSR count). The van der Waals surface area contributed by atoms with E-state index in [1.165, 1.54) is 47.3 Å². The van der Waals surface area contributed by atoms with Gasteiger partial charge in [-0.1, -0.05) is 58.9 Å². The largest absolute Gasteiger partial charge is 0.465 e. The number of carbonyl (C=O) groups is 7. The van der Waals surface area contributed by atoms with Crippen molar-refractivity contribution in [3.63, 3.8) is 0 Å².